The van der Waals surface area contributed by atoms with Crippen molar-refractivity contribution in [1.29, 1.82) is 0 Å². The number of anilines is 1. The number of aliphatic carboxylic acids is 1. The van der Waals surface area contributed by atoms with E-state index in [0.29, 0.717) is 34.9 Å². The Labute approximate surface area is 258 Å². The second-order valence-corrected chi connectivity index (χ2v) is 13.6. The summed E-state index contributed by atoms with van der Waals surface area (Å²) in [7, 11) is 0. The summed E-state index contributed by atoms with van der Waals surface area (Å²) >= 11 is 0. The van der Waals surface area contributed by atoms with Crippen molar-refractivity contribution in [2.24, 2.45) is 5.41 Å². The van der Waals surface area contributed by atoms with E-state index in [4.69, 9.17) is 9.47 Å². The van der Waals surface area contributed by atoms with Crippen LogP contribution in [-0.4, -0.2) is 51.7 Å². The molecule has 3 aromatic rings. The number of benzene rings is 1. The number of pyridine rings is 1. The van der Waals surface area contributed by atoms with E-state index in [0.717, 1.165) is 63.6 Å². The average molecular weight is 609 g/mol. The Morgan fingerprint density at radius 1 is 1.14 bits per heavy atom. The second-order valence-electron chi connectivity index (χ2n) is 13.6. The first-order valence-corrected chi connectivity index (χ1v) is 15.7. The predicted octanol–water partition coefficient (Wildman–Crippen LogP) is 6.60. The normalized spacial score (nSPS) is 18.9. The van der Waals surface area contributed by atoms with E-state index in [1.165, 1.54) is 12.1 Å². The first kappa shape index (κ1) is 31.8. The average Bonchev–Trinajstić information content (AvgIpc) is 3.37. The number of hydrogen-bond acceptors (Lipinski definition) is 6. The molecule has 0 aliphatic carbocycles. The number of fused-ring (bicyclic) bond motifs is 10. The molecule has 4 bridgehead atoms. The number of carbonyl (C=O) groups is 2. The van der Waals surface area contributed by atoms with E-state index in [2.05, 4.69) is 22.1 Å². The largest absolute Gasteiger partial charge is 0.493 e. The van der Waals surface area contributed by atoms with Gasteiger partial charge in [0.05, 0.1) is 12.2 Å². The SMILES string of the molecule is Cc1cc2nc3cn2c(c1[C@H](OC(C)(C)C)C(=O)O)N1CCC(C)(CCCCCCOc2ccc(F)cc2CNC3=O)CC1. The lowest BCUT2D eigenvalue weighted by molar-refractivity contribution is -0.160. The molecule has 3 aliphatic heterocycles. The lowest BCUT2D eigenvalue weighted by Crippen LogP contribution is -2.41. The van der Waals surface area contributed by atoms with Crippen LogP contribution in [0.2, 0.25) is 0 Å². The summed E-state index contributed by atoms with van der Waals surface area (Å²) in [5, 5.41) is 13.3. The predicted molar refractivity (Wildman–Crippen MR) is 167 cm³/mol. The van der Waals surface area contributed by atoms with Crippen LogP contribution < -0.4 is 15.0 Å². The molecule has 0 saturated carbocycles. The van der Waals surface area contributed by atoms with Crippen molar-refractivity contribution >= 4 is 23.3 Å². The molecule has 1 atom stereocenters. The van der Waals surface area contributed by atoms with Gasteiger partial charge in [-0.1, -0.05) is 26.2 Å². The second kappa shape index (κ2) is 12.8. The number of carboxylic acids is 1. The van der Waals surface area contributed by atoms with Gasteiger partial charge < -0.3 is 24.8 Å². The molecule has 0 spiro atoms. The molecule has 44 heavy (non-hydrogen) atoms. The fraction of sp³-hybridized carbons (Fsp3) is 0.559. The van der Waals surface area contributed by atoms with Crippen molar-refractivity contribution in [3.63, 3.8) is 0 Å². The molecule has 1 amide bonds. The molecule has 2 aromatic heterocycles. The number of imidazole rings is 1. The number of nitrogens with zero attached hydrogens (tertiary/aromatic N) is 3. The minimum Gasteiger partial charge on any atom is -0.493 e. The molecule has 1 saturated heterocycles. The highest BCUT2D eigenvalue weighted by Gasteiger charge is 2.36. The zero-order valence-electron chi connectivity index (χ0n) is 26.5. The number of carboxylic acid groups (broad SMARTS) is 1. The summed E-state index contributed by atoms with van der Waals surface area (Å²) in [6.07, 6.45) is 7.71. The number of nitrogens with one attached hydrogen (secondary N) is 1. The van der Waals surface area contributed by atoms with Gasteiger partial charge in [0.15, 0.2) is 6.10 Å². The van der Waals surface area contributed by atoms with Gasteiger partial charge in [0.25, 0.3) is 5.91 Å². The molecule has 0 radical (unpaired) electrons. The maximum Gasteiger partial charge on any atom is 0.337 e. The number of hydrogen-bond donors (Lipinski definition) is 2. The number of aromatic nitrogens is 2. The molecule has 10 heteroatoms. The van der Waals surface area contributed by atoms with Gasteiger partial charge in [0, 0.05) is 37.0 Å². The summed E-state index contributed by atoms with van der Waals surface area (Å²) in [6.45, 7) is 11.9. The van der Waals surface area contributed by atoms with E-state index < -0.39 is 29.4 Å². The van der Waals surface area contributed by atoms with Crippen LogP contribution in [0.1, 0.15) is 106 Å². The van der Waals surface area contributed by atoms with Gasteiger partial charge in [-0.3, -0.25) is 9.20 Å². The van der Waals surface area contributed by atoms with Crippen LogP contribution in [0, 0.1) is 18.2 Å². The van der Waals surface area contributed by atoms with Crippen molar-refractivity contribution in [3.8, 4) is 5.75 Å². The van der Waals surface area contributed by atoms with Gasteiger partial charge in [-0.05, 0) is 88.6 Å². The highest BCUT2D eigenvalue weighted by molar-refractivity contribution is 5.93. The van der Waals surface area contributed by atoms with Crippen molar-refractivity contribution in [2.75, 3.05) is 24.6 Å². The molecule has 2 N–H and O–H groups in total. The third kappa shape index (κ3) is 7.17. The van der Waals surface area contributed by atoms with Gasteiger partial charge in [0.1, 0.15) is 28.7 Å². The quantitative estimate of drug-likeness (QED) is 0.345. The maximum atomic E-state index is 14.1. The number of halogens is 1. The summed E-state index contributed by atoms with van der Waals surface area (Å²) < 4.78 is 28.1. The first-order chi connectivity index (χ1) is 20.8. The molecule has 9 nitrogen and oxygen atoms in total. The molecular weight excluding hydrogens is 563 g/mol. The van der Waals surface area contributed by atoms with Crippen molar-refractivity contribution in [3.05, 3.63) is 58.7 Å². The Hall–Kier alpha value is -3.66. The summed E-state index contributed by atoms with van der Waals surface area (Å²) in [5.41, 5.74) is 2.06. The fourth-order valence-electron chi connectivity index (χ4n) is 6.38. The Bertz CT molecular complexity index is 1520. The summed E-state index contributed by atoms with van der Waals surface area (Å²) in [4.78, 5) is 33.0. The van der Waals surface area contributed by atoms with Gasteiger partial charge in [0.2, 0.25) is 0 Å². The van der Waals surface area contributed by atoms with Gasteiger partial charge in [-0.2, -0.15) is 0 Å². The zero-order chi connectivity index (χ0) is 31.6. The number of carbonyl (C=O) groups excluding carboxylic acids is 1. The molecule has 6 rings (SSSR count). The zero-order valence-corrected chi connectivity index (χ0v) is 26.5. The molecule has 5 heterocycles. The molecule has 1 aromatic carbocycles. The maximum absolute atomic E-state index is 14.1. The number of piperidine rings is 1. The smallest absolute Gasteiger partial charge is 0.337 e. The minimum atomic E-state index is -1.21. The van der Waals surface area contributed by atoms with Gasteiger partial charge in [-0.25, -0.2) is 14.2 Å². The van der Waals surface area contributed by atoms with Crippen molar-refractivity contribution in [2.45, 2.75) is 97.8 Å². The third-order valence-corrected chi connectivity index (χ3v) is 8.83. The standard InChI is InChI=1S/C34H45FN4O5/c1-22-18-27-37-25-21-39(27)31(28(22)29(32(41)42)44-33(2,3)4)38-15-13-34(5,14-16-38)12-8-6-7-9-17-43-26-11-10-24(35)19-23(26)20-36-30(25)40/h10-11,18-19,21,29H,6-9,12-17,20H2,1-5H3,(H,36,40)(H,41,42)/t29-/m0/s1. The van der Waals surface area contributed by atoms with E-state index in [9.17, 15) is 19.1 Å². The number of ether oxygens (including phenoxy) is 2. The van der Waals surface area contributed by atoms with Crippen molar-refractivity contribution in [1.82, 2.24) is 14.7 Å². The number of amides is 1. The Morgan fingerprint density at radius 2 is 1.86 bits per heavy atom. The molecule has 3 aliphatic rings. The van der Waals surface area contributed by atoms with Crippen LogP contribution in [0.15, 0.2) is 30.5 Å². The Morgan fingerprint density at radius 3 is 2.57 bits per heavy atom. The van der Waals surface area contributed by atoms with E-state index in [1.54, 1.807) is 18.3 Å². The lowest BCUT2D eigenvalue weighted by Gasteiger charge is -2.42. The van der Waals surface area contributed by atoms with Gasteiger partial charge >= 0.3 is 5.97 Å². The first-order valence-electron chi connectivity index (χ1n) is 15.7. The number of aryl methyl sites for hydroxylation is 1. The topological polar surface area (TPSA) is 105 Å². The highest BCUT2D eigenvalue weighted by Crippen LogP contribution is 2.41. The number of rotatable bonds is 3. The molecular formula is C34H45FN4O5. The Kier molecular flexibility index (Phi) is 9.20. The van der Waals surface area contributed by atoms with Crippen LogP contribution >= 0.6 is 0 Å². The lowest BCUT2D eigenvalue weighted by atomic mass is 9.76. The minimum absolute atomic E-state index is 0.0716. The van der Waals surface area contributed by atoms with E-state index >= 15 is 0 Å². The van der Waals surface area contributed by atoms with Crippen LogP contribution in [0.3, 0.4) is 0 Å². The van der Waals surface area contributed by atoms with E-state index in [-0.39, 0.29) is 17.7 Å². The molecule has 238 valence electrons. The molecule has 1 fully saturated rings. The van der Waals surface area contributed by atoms with Crippen LogP contribution in [-0.2, 0) is 16.1 Å². The van der Waals surface area contributed by atoms with Crippen LogP contribution in [0.4, 0.5) is 10.2 Å². The van der Waals surface area contributed by atoms with E-state index in [1.807, 2.05) is 32.1 Å². The summed E-state index contributed by atoms with van der Waals surface area (Å²) in [6, 6.07) is 6.15. The Balaban J connectivity index is 1.59. The summed E-state index contributed by atoms with van der Waals surface area (Å²) in [5.74, 6) is -0.650. The van der Waals surface area contributed by atoms with Gasteiger partial charge in [-0.15, -0.1) is 0 Å². The molecule has 0 unspecified atom stereocenters. The monoisotopic (exact) mass is 608 g/mol. The van der Waals surface area contributed by atoms with Crippen LogP contribution in [0.25, 0.3) is 5.65 Å². The highest BCUT2D eigenvalue weighted by atomic mass is 19.1. The van der Waals surface area contributed by atoms with Crippen molar-refractivity contribution < 1.29 is 28.6 Å². The third-order valence-electron chi connectivity index (χ3n) is 8.83. The van der Waals surface area contributed by atoms with Crippen LogP contribution in [0.5, 0.6) is 5.75 Å². The fourth-order valence-corrected chi connectivity index (χ4v) is 6.38.